The van der Waals surface area contributed by atoms with Crippen LogP contribution in [0.2, 0.25) is 0 Å². The minimum absolute atomic E-state index is 0.00478. The van der Waals surface area contributed by atoms with E-state index >= 15 is 0 Å². The molecule has 22 heteroatoms. The van der Waals surface area contributed by atoms with Crippen LogP contribution in [-0.2, 0) is 50.0 Å². The molecule has 0 spiro atoms. The molecule has 0 radical (unpaired) electrons. The van der Waals surface area contributed by atoms with Crippen LogP contribution in [0.15, 0.2) is 198 Å². The van der Waals surface area contributed by atoms with Gasteiger partial charge in [0.05, 0.1) is 24.5 Å². The second-order valence-electron chi connectivity index (χ2n) is 13.3. The molecule has 3 N–H and O–H groups in total. The van der Waals surface area contributed by atoms with Crippen LogP contribution in [0.4, 0.5) is 0 Å². The molecule has 330 valence electrons. The highest BCUT2D eigenvalue weighted by Gasteiger charge is 2.23. The Morgan fingerprint density at radius 1 is 0.281 bits per heavy atom. The standard InChI is InChI=1S/C42H30O17S5/c43-60(44,34-17-8-28(9-18-34)56-32-4-3-5-38(26-32)62(47,48)49)37-23-14-31(15-24-37)59-40-25-16-33(27-42(40)64(53,54)55)57-29-10-19-35(20-11-29)61(45,46)36-21-12-30(13-22-36)58-39-6-1-2-7-41(39)63(50,51)52/h1-27H,(H,47,48,49)(H,50,51,52)(H,53,54,55). The van der Waals surface area contributed by atoms with Gasteiger partial charge in [0.15, 0.2) is 0 Å². The van der Waals surface area contributed by atoms with Crippen molar-refractivity contribution in [3.63, 3.8) is 0 Å². The molecule has 0 aliphatic heterocycles. The van der Waals surface area contributed by atoms with E-state index in [-0.39, 0.29) is 65.6 Å². The molecule has 0 saturated carbocycles. The summed E-state index contributed by atoms with van der Waals surface area (Å²) in [5, 5.41) is 0. The van der Waals surface area contributed by atoms with Crippen molar-refractivity contribution in [2.24, 2.45) is 0 Å². The number of hydrogen-bond acceptors (Lipinski definition) is 14. The monoisotopic (exact) mass is 966 g/mol. The molecular weight excluding hydrogens is 937 g/mol. The summed E-state index contributed by atoms with van der Waals surface area (Å²) >= 11 is 0. The predicted molar refractivity (Wildman–Crippen MR) is 226 cm³/mol. The molecule has 7 aromatic rings. The van der Waals surface area contributed by atoms with Crippen molar-refractivity contribution in [3.8, 4) is 46.0 Å². The van der Waals surface area contributed by atoms with Crippen molar-refractivity contribution in [1.82, 2.24) is 0 Å². The van der Waals surface area contributed by atoms with Gasteiger partial charge >= 0.3 is 0 Å². The minimum Gasteiger partial charge on any atom is -0.457 e. The fourth-order valence-corrected chi connectivity index (χ4v) is 10.1. The largest absolute Gasteiger partial charge is 0.457 e. The van der Waals surface area contributed by atoms with Crippen molar-refractivity contribution >= 4 is 50.0 Å². The number of rotatable bonds is 15. The number of para-hydroxylation sites is 1. The van der Waals surface area contributed by atoms with E-state index in [1.807, 2.05) is 0 Å². The number of benzene rings is 7. The molecule has 7 rings (SSSR count). The van der Waals surface area contributed by atoms with Crippen LogP contribution in [0.1, 0.15) is 0 Å². The Bertz CT molecular complexity index is 3450. The van der Waals surface area contributed by atoms with E-state index in [4.69, 9.17) is 18.9 Å². The highest BCUT2D eigenvalue weighted by atomic mass is 32.2. The van der Waals surface area contributed by atoms with Crippen LogP contribution in [0.25, 0.3) is 0 Å². The molecule has 0 atom stereocenters. The molecule has 0 unspecified atom stereocenters. The second-order valence-corrected chi connectivity index (χ2v) is 21.4. The Morgan fingerprint density at radius 2 is 0.641 bits per heavy atom. The van der Waals surface area contributed by atoms with Crippen LogP contribution < -0.4 is 18.9 Å². The Balaban J connectivity index is 1.01. The van der Waals surface area contributed by atoms with Crippen molar-refractivity contribution in [2.75, 3.05) is 0 Å². The zero-order valence-electron chi connectivity index (χ0n) is 32.2. The average Bonchev–Trinajstić information content (AvgIpc) is 3.24. The molecule has 0 aliphatic carbocycles. The van der Waals surface area contributed by atoms with Crippen molar-refractivity contribution < 1.29 is 74.7 Å². The molecule has 0 amide bonds. The van der Waals surface area contributed by atoms with Crippen LogP contribution in [0, 0.1) is 0 Å². The quantitative estimate of drug-likeness (QED) is 0.0816. The third kappa shape index (κ3) is 10.4. The average molecular weight is 967 g/mol. The fraction of sp³-hybridized carbons (Fsp3) is 0. The summed E-state index contributed by atoms with van der Waals surface area (Å²) in [6.07, 6.45) is 0. The van der Waals surface area contributed by atoms with Gasteiger partial charge in [-0.05, 0) is 133 Å². The SMILES string of the molecule is O=S(=O)(O)c1cccc(Oc2ccc(S(=O)(=O)c3ccc(Oc4ccc(Oc5ccc(S(=O)(=O)c6ccc(Oc7ccccc7S(=O)(=O)O)cc6)cc5)cc4S(=O)(=O)O)cc3)cc2)c1. The molecule has 0 bridgehead atoms. The summed E-state index contributed by atoms with van der Waals surface area (Å²) in [5.74, 6) is -0.197. The maximum Gasteiger partial charge on any atom is 0.298 e. The van der Waals surface area contributed by atoms with Gasteiger partial charge in [0.1, 0.15) is 55.8 Å². The predicted octanol–water partition coefficient (Wildman–Crippen LogP) is 8.26. The smallest absolute Gasteiger partial charge is 0.298 e. The fourth-order valence-electron chi connectivity index (χ4n) is 5.83. The summed E-state index contributed by atoms with van der Waals surface area (Å²) in [7, 11) is -22.2. The maximum atomic E-state index is 13.4. The van der Waals surface area contributed by atoms with E-state index in [9.17, 15) is 55.7 Å². The van der Waals surface area contributed by atoms with Gasteiger partial charge in [-0.2, -0.15) is 25.3 Å². The van der Waals surface area contributed by atoms with Gasteiger partial charge in [0, 0.05) is 12.1 Å². The van der Waals surface area contributed by atoms with Gasteiger partial charge in [0.25, 0.3) is 30.4 Å². The van der Waals surface area contributed by atoms with Crippen LogP contribution in [0.3, 0.4) is 0 Å². The minimum atomic E-state index is -4.93. The van der Waals surface area contributed by atoms with E-state index in [0.717, 1.165) is 18.2 Å². The number of ether oxygens (including phenoxy) is 4. The lowest BCUT2D eigenvalue weighted by Gasteiger charge is -2.13. The zero-order chi connectivity index (χ0) is 46.1. The summed E-state index contributed by atoms with van der Waals surface area (Å²) in [4.78, 5) is -2.12. The van der Waals surface area contributed by atoms with Crippen molar-refractivity contribution in [2.45, 2.75) is 34.3 Å². The van der Waals surface area contributed by atoms with Gasteiger partial charge in [-0.15, -0.1) is 0 Å². The summed E-state index contributed by atoms with van der Waals surface area (Å²) in [5.41, 5.74) is 0. The third-order valence-electron chi connectivity index (χ3n) is 8.89. The number of sulfone groups is 2. The highest BCUT2D eigenvalue weighted by Crippen LogP contribution is 2.36. The highest BCUT2D eigenvalue weighted by molar-refractivity contribution is 7.92. The lowest BCUT2D eigenvalue weighted by molar-refractivity contribution is 0.441. The first-order valence-electron chi connectivity index (χ1n) is 17.9. The van der Waals surface area contributed by atoms with Gasteiger partial charge in [0.2, 0.25) is 19.7 Å². The first-order chi connectivity index (χ1) is 30.1. The summed E-state index contributed by atoms with van der Waals surface area (Å²) in [6.45, 7) is 0. The Kier molecular flexibility index (Phi) is 12.4. The van der Waals surface area contributed by atoms with Crippen LogP contribution >= 0.6 is 0 Å². The van der Waals surface area contributed by atoms with Crippen LogP contribution in [-0.4, -0.2) is 55.7 Å². The maximum absolute atomic E-state index is 13.4. The molecule has 0 saturated heterocycles. The van der Waals surface area contributed by atoms with E-state index in [0.29, 0.717) is 0 Å². The first-order valence-corrected chi connectivity index (χ1v) is 25.2. The van der Waals surface area contributed by atoms with E-state index in [1.54, 1.807) is 0 Å². The Morgan fingerprint density at radius 3 is 1.05 bits per heavy atom. The second kappa shape index (κ2) is 17.5. The Hall–Kier alpha value is -6.63. The van der Waals surface area contributed by atoms with E-state index < -0.39 is 64.7 Å². The molecule has 17 nitrogen and oxygen atoms in total. The van der Waals surface area contributed by atoms with Gasteiger partial charge in [-0.3, -0.25) is 13.7 Å². The molecule has 64 heavy (non-hydrogen) atoms. The zero-order valence-corrected chi connectivity index (χ0v) is 36.3. The van der Waals surface area contributed by atoms with Crippen molar-refractivity contribution in [1.29, 1.82) is 0 Å². The molecule has 0 aromatic heterocycles. The number of hydrogen-bond donors (Lipinski definition) is 3. The topological polar surface area (TPSA) is 268 Å². The summed E-state index contributed by atoms with van der Waals surface area (Å²) < 4.78 is 176. The van der Waals surface area contributed by atoms with Gasteiger partial charge in [-0.1, -0.05) is 18.2 Å². The van der Waals surface area contributed by atoms with Crippen LogP contribution in [0.5, 0.6) is 46.0 Å². The molecule has 0 aliphatic rings. The normalized spacial score (nSPS) is 12.3. The first kappa shape index (κ1) is 45.4. The summed E-state index contributed by atoms with van der Waals surface area (Å²) in [6, 6.07) is 34.2. The Labute approximate surface area is 366 Å². The molecule has 0 fully saturated rings. The third-order valence-corrected chi connectivity index (χ3v) is 15.1. The van der Waals surface area contributed by atoms with E-state index in [2.05, 4.69) is 0 Å². The molecule has 7 aromatic carbocycles. The van der Waals surface area contributed by atoms with E-state index in [1.165, 1.54) is 146 Å². The lowest BCUT2D eigenvalue weighted by Crippen LogP contribution is -2.03. The van der Waals surface area contributed by atoms with Gasteiger partial charge < -0.3 is 18.9 Å². The molecule has 0 heterocycles. The van der Waals surface area contributed by atoms with Crippen molar-refractivity contribution in [3.05, 3.63) is 164 Å². The van der Waals surface area contributed by atoms with Gasteiger partial charge in [-0.25, -0.2) is 16.8 Å². The molecular formula is C42H30O17S5. The lowest BCUT2D eigenvalue weighted by atomic mass is 10.3.